The average Bonchev–Trinajstić information content (AvgIpc) is 3.01. The molecule has 0 aliphatic heterocycles. The van der Waals surface area contributed by atoms with E-state index in [4.69, 9.17) is 16.3 Å². The van der Waals surface area contributed by atoms with Crippen molar-refractivity contribution in [1.82, 2.24) is 9.97 Å². The van der Waals surface area contributed by atoms with Crippen LogP contribution in [0.1, 0.15) is 23.7 Å². The quantitative estimate of drug-likeness (QED) is 0.497. The van der Waals surface area contributed by atoms with Crippen LogP contribution < -0.4 is 4.74 Å². The number of imidazole rings is 1. The number of benzene rings is 2. The number of fused-ring (bicyclic) bond motifs is 1. The number of Topliss-reactive ketones (excluding diaryl/α,β-unsaturated/α-hetero) is 1. The van der Waals surface area contributed by atoms with Gasteiger partial charge in [0.1, 0.15) is 5.75 Å². The molecular weight excluding hydrogens is 344 g/mol. The Kier molecular flexibility index (Phi) is 5.11. The highest BCUT2D eigenvalue weighted by molar-refractivity contribution is 8.00. The zero-order chi connectivity index (χ0) is 17.1. The number of carbonyl (C=O) groups is 1. The molecule has 1 unspecified atom stereocenters. The van der Waals surface area contributed by atoms with Gasteiger partial charge in [-0.05, 0) is 42.8 Å². The Hall–Kier alpha value is -1.98. The fourth-order valence-electron chi connectivity index (χ4n) is 2.41. The number of thioether (sulfide) groups is 1. The Morgan fingerprint density at radius 3 is 2.71 bits per heavy atom. The Morgan fingerprint density at radius 1 is 1.29 bits per heavy atom. The Morgan fingerprint density at radius 2 is 2.04 bits per heavy atom. The van der Waals surface area contributed by atoms with Gasteiger partial charge in [0.05, 0.1) is 23.4 Å². The minimum Gasteiger partial charge on any atom is -0.497 e. The molecule has 124 valence electrons. The number of nitrogens with one attached hydrogen (secondary N) is 1. The van der Waals surface area contributed by atoms with Crippen LogP contribution in [0.15, 0.2) is 47.6 Å². The highest BCUT2D eigenvalue weighted by Gasteiger charge is 2.21. The minimum absolute atomic E-state index is 0.0807. The molecule has 0 saturated carbocycles. The molecule has 1 heterocycles. The molecule has 0 amide bonds. The summed E-state index contributed by atoms with van der Waals surface area (Å²) in [5, 5.41) is 1.15. The Balaban J connectivity index is 1.82. The van der Waals surface area contributed by atoms with Crippen molar-refractivity contribution in [2.75, 3.05) is 7.11 Å². The number of halogens is 1. The number of nitrogens with zero attached hydrogens (tertiary/aromatic N) is 1. The van der Waals surface area contributed by atoms with Crippen LogP contribution in [0.25, 0.3) is 11.0 Å². The first-order chi connectivity index (χ1) is 11.6. The summed E-state index contributed by atoms with van der Waals surface area (Å²) in [7, 11) is 1.63. The maximum absolute atomic E-state index is 12.7. The molecular formula is C18H17ClN2O2S. The van der Waals surface area contributed by atoms with Crippen molar-refractivity contribution in [1.29, 1.82) is 0 Å². The molecule has 0 aliphatic rings. The lowest BCUT2D eigenvalue weighted by Crippen LogP contribution is -2.16. The van der Waals surface area contributed by atoms with Gasteiger partial charge in [0.25, 0.3) is 0 Å². The lowest BCUT2D eigenvalue weighted by molar-refractivity contribution is 0.0988. The zero-order valence-electron chi connectivity index (χ0n) is 13.4. The first kappa shape index (κ1) is 16.9. The van der Waals surface area contributed by atoms with Crippen molar-refractivity contribution in [3.05, 3.63) is 53.1 Å². The molecule has 0 fully saturated rings. The predicted molar refractivity (Wildman–Crippen MR) is 98.4 cm³/mol. The van der Waals surface area contributed by atoms with Gasteiger partial charge in [-0.15, -0.1) is 0 Å². The molecule has 1 atom stereocenters. The van der Waals surface area contributed by atoms with Crippen molar-refractivity contribution in [2.45, 2.75) is 23.8 Å². The van der Waals surface area contributed by atoms with Gasteiger partial charge < -0.3 is 9.72 Å². The van der Waals surface area contributed by atoms with E-state index in [0.29, 0.717) is 17.0 Å². The fraction of sp³-hybridized carbons (Fsp3) is 0.222. The molecule has 0 saturated heterocycles. The number of rotatable bonds is 6. The Bertz CT molecular complexity index is 861. The number of aromatic amines is 1. The number of hydrogen-bond donors (Lipinski definition) is 1. The summed E-state index contributed by atoms with van der Waals surface area (Å²) in [5.41, 5.74) is 2.41. The normalized spacial score (nSPS) is 12.3. The van der Waals surface area contributed by atoms with Crippen molar-refractivity contribution >= 4 is 40.2 Å². The van der Waals surface area contributed by atoms with Crippen LogP contribution in [0.3, 0.4) is 0 Å². The third-order valence-corrected chi connectivity index (χ3v) is 5.21. The number of ether oxygens (including phenoxy) is 1. The van der Waals surface area contributed by atoms with Crippen LogP contribution in [0, 0.1) is 0 Å². The maximum Gasteiger partial charge on any atom is 0.176 e. The summed E-state index contributed by atoms with van der Waals surface area (Å²) in [4.78, 5) is 20.5. The van der Waals surface area contributed by atoms with E-state index in [9.17, 15) is 4.79 Å². The minimum atomic E-state index is -0.200. The van der Waals surface area contributed by atoms with E-state index in [0.717, 1.165) is 21.9 Å². The number of H-pyrrole nitrogens is 1. The van der Waals surface area contributed by atoms with Gasteiger partial charge in [0.15, 0.2) is 10.9 Å². The molecule has 3 aromatic rings. The van der Waals surface area contributed by atoms with Gasteiger partial charge in [-0.25, -0.2) is 4.98 Å². The molecule has 2 aromatic carbocycles. The third kappa shape index (κ3) is 3.57. The fourth-order valence-corrected chi connectivity index (χ4v) is 3.53. The molecule has 0 aliphatic carbocycles. The van der Waals surface area contributed by atoms with E-state index in [2.05, 4.69) is 9.97 Å². The molecule has 0 radical (unpaired) electrons. The van der Waals surface area contributed by atoms with Gasteiger partial charge in [0.2, 0.25) is 0 Å². The summed E-state index contributed by atoms with van der Waals surface area (Å²) >= 11 is 7.33. The van der Waals surface area contributed by atoms with E-state index >= 15 is 0 Å². The lowest BCUT2D eigenvalue weighted by Gasteiger charge is -2.11. The van der Waals surface area contributed by atoms with Crippen LogP contribution in [0.4, 0.5) is 0 Å². The van der Waals surface area contributed by atoms with E-state index in [-0.39, 0.29) is 11.0 Å². The van der Waals surface area contributed by atoms with Crippen LogP contribution in [0.5, 0.6) is 5.75 Å². The number of carbonyl (C=O) groups excluding carboxylic acids is 1. The van der Waals surface area contributed by atoms with Gasteiger partial charge >= 0.3 is 0 Å². The van der Waals surface area contributed by atoms with Crippen LogP contribution >= 0.6 is 23.4 Å². The second kappa shape index (κ2) is 7.28. The van der Waals surface area contributed by atoms with E-state index in [1.807, 2.05) is 25.1 Å². The molecule has 1 aromatic heterocycles. The molecule has 0 spiro atoms. The number of ketones is 1. The molecule has 4 nitrogen and oxygen atoms in total. The lowest BCUT2D eigenvalue weighted by atomic mass is 10.1. The monoisotopic (exact) mass is 360 g/mol. The smallest absolute Gasteiger partial charge is 0.176 e. The van der Waals surface area contributed by atoms with Crippen molar-refractivity contribution in [2.24, 2.45) is 0 Å². The topological polar surface area (TPSA) is 55.0 Å². The predicted octanol–water partition coefficient (Wildman–Crippen LogP) is 4.98. The average molecular weight is 361 g/mol. The standard InChI is InChI=1S/C18H17ClN2O2S/c1-3-16(17(22)11-4-6-12(19)7-5-11)24-18-20-14-9-8-13(23-2)10-15(14)21-18/h4-10,16H,3H2,1-2H3,(H,20,21). The van der Waals surface area contributed by atoms with Crippen molar-refractivity contribution in [3.8, 4) is 5.75 Å². The van der Waals surface area contributed by atoms with E-state index < -0.39 is 0 Å². The van der Waals surface area contributed by atoms with Gasteiger partial charge in [0, 0.05) is 16.7 Å². The summed E-state index contributed by atoms with van der Waals surface area (Å²) in [6, 6.07) is 12.7. The number of hydrogen-bond acceptors (Lipinski definition) is 4. The molecule has 24 heavy (non-hydrogen) atoms. The summed E-state index contributed by atoms with van der Waals surface area (Å²) in [6.07, 6.45) is 0.715. The summed E-state index contributed by atoms with van der Waals surface area (Å²) in [5.74, 6) is 0.851. The summed E-state index contributed by atoms with van der Waals surface area (Å²) in [6.45, 7) is 2.00. The second-order valence-corrected chi connectivity index (χ2v) is 6.94. The number of aromatic nitrogens is 2. The van der Waals surface area contributed by atoms with Crippen molar-refractivity contribution < 1.29 is 9.53 Å². The maximum atomic E-state index is 12.7. The van der Waals surface area contributed by atoms with Crippen LogP contribution in [0.2, 0.25) is 5.02 Å². The number of methoxy groups -OCH3 is 1. The van der Waals surface area contributed by atoms with E-state index in [1.54, 1.807) is 31.4 Å². The van der Waals surface area contributed by atoms with Crippen LogP contribution in [-0.2, 0) is 0 Å². The third-order valence-electron chi connectivity index (χ3n) is 3.71. The molecule has 3 rings (SSSR count). The molecule has 1 N–H and O–H groups in total. The van der Waals surface area contributed by atoms with Gasteiger partial charge in [-0.3, -0.25) is 4.79 Å². The molecule has 6 heteroatoms. The van der Waals surface area contributed by atoms with Gasteiger partial charge in [-0.2, -0.15) is 0 Å². The van der Waals surface area contributed by atoms with E-state index in [1.165, 1.54) is 11.8 Å². The highest BCUT2D eigenvalue weighted by atomic mass is 35.5. The van der Waals surface area contributed by atoms with Crippen LogP contribution in [-0.4, -0.2) is 28.1 Å². The zero-order valence-corrected chi connectivity index (χ0v) is 14.9. The van der Waals surface area contributed by atoms with Crippen molar-refractivity contribution in [3.63, 3.8) is 0 Å². The second-order valence-electron chi connectivity index (χ2n) is 5.31. The van der Waals surface area contributed by atoms with Gasteiger partial charge in [-0.1, -0.05) is 30.3 Å². The summed E-state index contributed by atoms with van der Waals surface area (Å²) < 4.78 is 5.22. The SMILES string of the molecule is CCC(Sc1nc2ccc(OC)cc2[nH]1)C(=O)c1ccc(Cl)cc1. The molecule has 0 bridgehead atoms. The largest absolute Gasteiger partial charge is 0.497 e. The highest BCUT2D eigenvalue weighted by Crippen LogP contribution is 2.29. The first-order valence-electron chi connectivity index (χ1n) is 7.61. The first-order valence-corrected chi connectivity index (χ1v) is 8.86. The Labute approximate surface area is 149 Å².